The molecule has 0 radical (unpaired) electrons. The van der Waals surface area contributed by atoms with Crippen molar-refractivity contribution in [2.24, 2.45) is 57.0 Å². The predicted molar refractivity (Wildman–Crippen MR) is 173 cm³/mol. The molecule has 0 bridgehead atoms. The largest absolute Gasteiger partial charge is 0.478 e. The highest BCUT2D eigenvalue weighted by Gasteiger charge is 2.70. The Kier molecular flexibility index (Phi) is 7.22. The summed E-state index contributed by atoms with van der Waals surface area (Å²) < 4.78 is 0. The minimum atomic E-state index is -0.857. The standard InChI is InChI=1S/C38H56N2O2/c1-24(2)27-14-19-38(40-23-22-39)21-20-36(6)29(32(27)38)12-13-31-35(5)17-15-28(25-8-10-26(11-9-25)33(41)42)34(3,4)30(35)16-18-37(31,36)7/h8-11,15,27,29-32,40H,1,12-14,16-23,39H2,2-7H3,(H,41,42)/t27-,29+,30-,31+,32+,35-,36+,37+,38-/m0/s1. The highest BCUT2D eigenvalue weighted by molar-refractivity contribution is 5.88. The van der Waals surface area contributed by atoms with Gasteiger partial charge in [0.2, 0.25) is 0 Å². The SMILES string of the molecule is C=C(C)[C@@H]1CC[C@]2(NCCN)CC[C@]3(C)[C@H](CC[C@@H]4[C@@]5(C)CC=C(c6ccc(C(=O)O)cc6)C(C)(C)[C@@H]5CC[C@]43C)[C@@H]12. The first-order chi connectivity index (χ1) is 19.7. The molecule has 0 saturated heterocycles. The summed E-state index contributed by atoms with van der Waals surface area (Å²) in [5.74, 6) is 2.50. The summed E-state index contributed by atoms with van der Waals surface area (Å²) in [6, 6.07) is 7.61. The minimum Gasteiger partial charge on any atom is -0.478 e. The Morgan fingerprint density at radius 3 is 2.31 bits per heavy atom. The lowest BCUT2D eigenvalue weighted by molar-refractivity contribution is -0.219. The summed E-state index contributed by atoms with van der Waals surface area (Å²) >= 11 is 0. The highest BCUT2D eigenvalue weighted by atomic mass is 16.4. The molecule has 5 aliphatic carbocycles. The normalized spacial score (nSPS) is 43.8. The second-order valence-electron chi connectivity index (χ2n) is 16.5. The van der Waals surface area contributed by atoms with E-state index < -0.39 is 5.97 Å². The van der Waals surface area contributed by atoms with Crippen LogP contribution in [0.25, 0.3) is 5.57 Å². The van der Waals surface area contributed by atoms with Crippen LogP contribution < -0.4 is 11.1 Å². The van der Waals surface area contributed by atoms with Crippen LogP contribution in [0.4, 0.5) is 0 Å². The number of hydrogen-bond donors (Lipinski definition) is 3. The lowest BCUT2D eigenvalue weighted by Gasteiger charge is -2.72. The maximum absolute atomic E-state index is 11.5. The molecule has 42 heavy (non-hydrogen) atoms. The first-order valence-corrected chi connectivity index (χ1v) is 16.9. The van der Waals surface area contributed by atoms with Crippen LogP contribution in [0, 0.1) is 51.2 Å². The van der Waals surface area contributed by atoms with E-state index in [-0.39, 0.29) is 16.4 Å². The van der Waals surface area contributed by atoms with Crippen molar-refractivity contribution in [2.45, 2.75) is 105 Å². The van der Waals surface area contributed by atoms with E-state index in [2.05, 4.69) is 59.5 Å². The van der Waals surface area contributed by atoms with Gasteiger partial charge in [0, 0.05) is 18.6 Å². The number of aromatic carboxylic acids is 1. The topological polar surface area (TPSA) is 75.3 Å². The first-order valence-electron chi connectivity index (χ1n) is 16.9. The fourth-order valence-corrected chi connectivity index (χ4v) is 12.7. The zero-order valence-corrected chi connectivity index (χ0v) is 27.2. The Morgan fingerprint density at radius 1 is 0.952 bits per heavy atom. The number of hydrogen-bond acceptors (Lipinski definition) is 3. The van der Waals surface area contributed by atoms with Crippen LogP contribution in [0.3, 0.4) is 0 Å². The highest BCUT2D eigenvalue weighted by Crippen LogP contribution is 2.76. The van der Waals surface area contributed by atoms with Crippen molar-refractivity contribution >= 4 is 11.5 Å². The van der Waals surface area contributed by atoms with Crippen LogP contribution in [0.2, 0.25) is 0 Å². The van der Waals surface area contributed by atoms with Crippen molar-refractivity contribution in [2.75, 3.05) is 13.1 Å². The summed E-state index contributed by atoms with van der Waals surface area (Å²) in [4.78, 5) is 11.5. The molecule has 9 atom stereocenters. The smallest absolute Gasteiger partial charge is 0.335 e. The van der Waals surface area contributed by atoms with E-state index in [1.165, 1.54) is 68.1 Å². The third-order valence-corrected chi connectivity index (χ3v) is 14.7. The molecule has 1 aromatic rings. The zero-order valence-electron chi connectivity index (χ0n) is 27.2. The fourth-order valence-electron chi connectivity index (χ4n) is 12.7. The molecule has 4 nitrogen and oxygen atoms in total. The lowest BCUT2D eigenvalue weighted by atomic mass is 9.33. The predicted octanol–water partition coefficient (Wildman–Crippen LogP) is 8.34. The van der Waals surface area contributed by atoms with Gasteiger partial charge in [-0.25, -0.2) is 4.79 Å². The molecular weight excluding hydrogens is 516 g/mol. The number of carbonyl (C=O) groups is 1. The quantitative estimate of drug-likeness (QED) is 0.300. The third-order valence-electron chi connectivity index (χ3n) is 14.7. The molecular formula is C38H56N2O2. The molecule has 4 heteroatoms. The maximum Gasteiger partial charge on any atom is 0.335 e. The van der Waals surface area contributed by atoms with Gasteiger partial charge in [-0.2, -0.15) is 0 Å². The number of allylic oxidation sites excluding steroid dienone is 3. The molecule has 4 saturated carbocycles. The Balaban J connectivity index is 1.35. The van der Waals surface area contributed by atoms with E-state index >= 15 is 0 Å². The van der Waals surface area contributed by atoms with E-state index in [9.17, 15) is 9.90 Å². The second-order valence-corrected chi connectivity index (χ2v) is 16.5. The third kappa shape index (κ3) is 4.03. The summed E-state index contributed by atoms with van der Waals surface area (Å²) in [5, 5.41) is 13.5. The average molecular weight is 573 g/mol. The molecule has 5 aliphatic rings. The molecule has 0 heterocycles. The molecule has 0 amide bonds. The van der Waals surface area contributed by atoms with Gasteiger partial charge in [0.15, 0.2) is 0 Å². The molecule has 0 aromatic heterocycles. The fraction of sp³-hybridized carbons (Fsp3) is 0.711. The Hall–Kier alpha value is -1.91. The van der Waals surface area contributed by atoms with Crippen molar-refractivity contribution in [3.63, 3.8) is 0 Å². The van der Waals surface area contributed by atoms with Crippen LogP contribution in [-0.4, -0.2) is 29.7 Å². The number of nitrogens with one attached hydrogen (secondary N) is 1. The van der Waals surface area contributed by atoms with E-state index in [1.807, 2.05) is 12.1 Å². The van der Waals surface area contributed by atoms with E-state index in [0.717, 1.165) is 18.9 Å². The second kappa shape index (κ2) is 10.1. The molecule has 6 rings (SSSR count). The van der Waals surface area contributed by atoms with Gasteiger partial charge in [-0.3, -0.25) is 0 Å². The summed E-state index contributed by atoms with van der Waals surface area (Å²) in [6.45, 7) is 21.5. The monoisotopic (exact) mass is 572 g/mol. The molecule has 0 aliphatic heterocycles. The van der Waals surface area contributed by atoms with Gasteiger partial charge in [-0.15, -0.1) is 0 Å². The number of rotatable bonds is 6. The van der Waals surface area contributed by atoms with Crippen LogP contribution in [-0.2, 0) is 0 Å². The maximum atomic E-state index is 11.5. The molecule has 0 unspecified atom stereocenters. The molecule has 230 valence electrons. The number of carboxylic acids is 1. The first kappa shape index (κ1) is 30.1. The van der Waals surface area contributed by atoms with Gasteiger partial charge in [0.05, 0.1) is 5.56 Å². The summed E-state index contributed by atoms with van der Waals surface area (Å²) in [5.41, 5.74) is 11.6. The average Bonchev–Trinajstić information content (AvgIpc) is 3.32. The zero-order chi connectivity index (χ0) is 30.3. The van der Waals surface area contributed by atoms with E-state index in [0.29, 0.717) is 46.6 Å². The van der Waals surface area contributed by atoms with Crippen molar-refractivity contribution in [1.82, 2.24) is 5.32 Å². The van der Waals surface area contributed by atoms with Gasteiger partial charge >= 0.3 is 5.97 Å². The van der Waals surface area contributed by atoms with Crippen LogP contribution in [0.15, 0.2) is 42.5 Å². The minimum absolute atomic E-state index is 0.0428. The molecule has 1 aromatic carbocycles. The number of carboxylic acid groups (broad SMARTS) is 1. The van der Waals surface area contributed by atoms with Crippen molar-refractivity contribution in [3.05, 3.63) is 53.6 Å². The number of benzene rings is 1. The molecule has 4 N–H and O–H groups in total. The van der Waals surface area contributed by atoms with E-state index in [4.69, 9.17) is 5.73 Å². The van der Waals surface area contributed by atoms with Crippen molar-refractivity contribution < 1.29 is 9.90 Å². The Labute approximate surface area is 255 Å². The number of fused-ring (bicyclic) bond motifs is 7. The van der Waals surface area contributed by atoms with Gasteiger partial charge in [0.1, 0.15) is 0 Å². The van der Waals surface area contributed by atoms with Gasteiger partial charge in [-0.05, 0) is 139 Å². The van der Waals surface area contributed by atoms with E-state index in [1.54, 1.807) is 12.1 Å². The van der Waals surface area contributed by atoms with Crippen molar-refractivity contribution in [1.29, 1.82) is 0 Å². The summed E-state index contributed by atoms with van der Waals surface area (Å²) in [7, 11) is 0. The van der Waals surface area contributed by atoms with Crippen LogP contribution in [0.1, 0.15) is 115 Å². The van der Waals surface area contributed by atoms with Gasteiger partial charge in [-0.1, -0.05) is 65.0 Å². The van der Waals surface area contributed by atoms with Gasteiger partial charge < -0.3 is 16.2 Å². The van der Waals surface area contributed by atoms with Gasteiger partial charge in [0.25, 0.3) is 0 Å². The Bertz CT molecular complexity index is 1280. The molecule has 4 fully saturated rings. The lowest BCUT2D eigenvalue weighted by Crippen LogP contribution is -2.68. The number of nitrogens with two attached hydrogens (primary N) is 1. The van der Waals surface area contributed by atoms with Crippen LogP contribution in [0.5, 0.6) is 0 Å². The van der Waals surface area contributed by atoms with Crippen LogP contribution >= 0.6 is 0 Å². The molecule has 0 spiro atoms. The summed E-state index contributed by atoms with van der Waals surface area (Å²) in [6.07, 6.45) is 14.1. The Morgan fingerprint density at radius 2 is 1.67 bits per heavy atom. The van der Waals surface area contributed by atoms with Crippen molar-refractivity contribution in [3.8, 4) is 0 Å².